The average molecular weight is 309 g/mol. The predicted octanol–water partition coefficient (Wildman–Crippen LogP) is 2.58. The van der Waals surface area contributed by atoms with Gasteiger partial charge in [-0.3, -0.25) is 20.0 Å². The van der Waals surface area contributed by atoms with Crippen LogP contribution in [0.2, 0.25) is 0 Å². The highest BCUT2D eigenvalue weighted by Gasteiger charge is 2.16. The molecule has 0 bridgehead atoms. The molecule has 1 rings (SSSR count). The Kier molecular flexibility index (Phi) is 6.68. The van der Waals surface area contributed by atoms with Crippen molar-refractivity contribution < 1.29 is 23.1 Å². The summed E-state index contributed by atoms with van der Waals surface area (Å²) in [6.07, 6.45) is 1.27. The van der Waals surface area contributed by atoms with E-state index in [0.29, 0.717) is 0 Å². The number of carbonyl (C=O) groups excluding carboxylic acids is 2. The van der Waals surface area contributed by atoms with Crippen molar-refractivity contribution in [1.82, 2.24) is 0 Å². The molecule has 22 heavy (non-hydrogen) atoms. The van der Waals surface area contributed by atoms with Crippen molar-refractivity contribution in [2.45, 2.75) is 19.5 Å². The van der Waals surface area contributed by atoms with Crippen molar-refractivity contribution in [2.75, 3.05) is 0 Å². The summed E-state index contributed by atoms with van der Waals surface area (Å²) in [4.78, 5) is 26.6. The number of carbonyl (C=O) groups is 2. The van der Waals surface area contributed by atoms with Crippen LogP contribution < -0.4 is 4.74 Å². The van der Waals surface area contributed by atoms with E-state index in [9.17, 15) is 18.4 Å². The Morgan fingerprint density at radius 1 is 1.23 bits per heavy atom. The number of hydrogen-bond donors (Lipinski definition) is 2. The van der Waals surface area contributed by atoms with Crippen molar-refractivity contribution in [1.29, 1.82) is 10.8 Å². The lowest BCUT2D eigenvalue weighted by Gasteiger charge is -2.06. The number of ether oxygens (including phenoxy) is 1. The van der Waals surface area contributed by atoms with E-state index in [-0.39, 0.29) is 24.3 Å². The number of nitrogens with zero attached hydrogens (tertiary/aromatic N) is 1. The van der Waals surface area contributed by atoms with Gasteiger partial charge in [-0.25, -0.2) is 0 Å². The molecule has 0 spiro atoms. The van der Waals surface area contributed by atoms with Crippen LogP contribution in [0.3, 0.4) is 0 Å². The molecule has 0 saturated heterocycles. The van der Waals surface area contributed by atoms with Crippen molar-refractivity contribution in [3.63, 3.8) is 0 Å². The Morgan fingerprint density at radius 2 is 1.86 bits per heavy atom. The third kappa shape index (κ3) is 5.31. The van der Waals surface area contributed by atoms with E-state index in [1.54, 1.807) is 6.07 Å². The molecule has 0 aliphatic carbocycles. The fourth-order valence-corrected chi connectivity index (χ4v) is 1.44. The van der Waals surface area contributed by atoms with Gasteiger partial charge in [0.1, 0.15) is 11.4 Å². The van der Waals surface area contributed by atoms with Gasteiger partial charge in [0.2, 0.25) is 0 Å². The maximum Gasteiger partial charge on any atom is 0.387 e. The summed E-state index contributed by atoms with van der Waals surface area (Å²) in [6, 6.07) is 5.77. The van der Waals surface area contributed by atoms with Crippen molar-refractivity contribution >= 4 is 35.4 Å². The number of ketones is 2. The van der Waals surface area contributed by atoms with Crippen LogP contribution in [0.1, 0.15) is 12.8 Å². The van der Waals surface area contributed by atoms with E-state index in [4.69, 9.17) is 10.8 Å². The molecular formula is C14H13F2N3O3. The molecule has 2 N–H and O–H groups in total. The zero-order valence-electron chi connectivity index (χ0n) is 11.4. The summed E-state index contributed by atoms with van der Waals surface area (Å²) in [5, 5.41) is 14.1. The van der Waals surface area contributed by atoms with Gasteiger partial charge in [0, 0.05) is 25.3 Å². The van der Waals surface area contributed by atoms with Gasteiger partial charge in [0.15, 0.2) is 17.3 Å². The Hall–Kier alpha value is -2.77. The zero-order valence-corrected chi connectivity index (χ0v) is 11.4. The highest BCUT2D eigenvalue weighted by Crippen LogP contribution is 2.27. The summed E-state index contributed by atoms with van der Waals surface area (Å²) in [5.74, 6) is -1.66. The van der Waals surface area contributed by atoms with Gasteiger partial charge < -0.3 is 10.1 Å². The molecule has 116 valence electrons. The van der Waals surface area contributed by atoms with Crippen LogP contribution in [-0.4, -0.2) is 36.3 Å². The molecule has 1 aromatic rings. The van der Waals surface area contributed by atoms with Crippen molar-refractivity contribution in [3.05, 3.63) is 24.3 Å². The quantitative estimate of drug-likeness (QED) is 0.541. The lowest BCUT2D eigenvalue weighted by Crippen LogP contribution is -2.23. The van der Waals surface area contributed by atoms with E-state index in [1.165, 1.54) is 18.2 Å². The van der Waals surface area contributed by atoms with Gasteiger partial charge in [-0.2, -0.15) is 8.78 Å². The maximum atomic E-state index is 12.2. The standard InChI is InChI=1S/C14H13F2N3O3/c15-14(16)22-12-4-2-1-3-9(12)19-8-6-11(21)13(18)10(20)5-7-17/h1-4,7-8,14,17-18H,5-6H2. The summed E-state index contributed by atoms with van der Waals surface area (Å²) in [5.41, 5.74) is -0.611. The van der Waals surface area contributed by atoms with Gasteiger partial charge in [0.25, 0.3) is 0 Å². The minimum Gasteiger partial charge on any atom is -0.433 e. The number of benzene rings is 1. The molecule has 6 nitrogen and oxygen atoms in total. The number of rotatable bonds is 9. The number of aliphatic imine (C=N–C) groups is 1. The van der Waals surface area contributed by atoms with Crippen molar-refractivity contribution in [3.8, 4) is 5.75 Å². The molecule has 0 aliphatic rings. The minimum atomic E-state index is -3.00. The van der Waals surface area contributed by atoms with Crippen LogP contribution >= 0.6 is 0 Å². The first-order valence-corrected chi connectivity index (χ1v) is 6.16. The average Bonchev–Trinajstić information content (AvgIpc) is 2.47. The fraction of sp³-hybridized carbons (Fsp3) is 0.214. The monoisotopic (exact) mass is 309 g/mol. The van der Waals surface area contributed by atoms with E-state index < -0.39 is 23.9 Å². The van der Waals surface area contributed by atoms with Gasteiger partial charge in [-0.1, -0.05) is 12.1 Å². The molecular weight excluding hydrogens is 296 g/mol. The number of alkyl halides is 2. The first-order valence-electron chi connectivity index (χ1n) is 6.16. The van der Waals surface area contributed by atoms with Gasteiger partial charge in [-0.15, -0.1) is 0 Å². The topological polar surface area (TPSA) is 103 Å². The van der Waals surface area contributed by atoms with E-state index in [0.717, 1.165) is 12.4 Å². The van der Waals surface area contributed by atoms with Crippen LogP contribution in [0.25, 0.3) is 0 Å². The lowest BCUT2D eigenvalue weighted by atomic mass is 10.1. The molecule has 8 heteroatoms. The molecule has 0 atom stereocenters. The first kappa shape index (κ1) is 17.3. The lowest BCUT2D eigenvalue weighted by molar-refractivity contribution is -0.115. The predicted molar refractivity (Wildman–Crippen MR) is 77.0 cm³/mol. The SMILES string of the molecule is N=CCC(=O)C(=N)C(=O)CC=Nc1ccccc1OC(F)F. The first-order chi connectivity index (χ1) is 10.5. The van der Waals surface area contributed by atoms with E-state index in [2.05, 4.69) is 9.73 Å². The van der Waals surface area contributed by atoms with Crippen LogP contribution in [0, 0.1) is 10.8 Å². The molecule has 0 heterocycles. The molecule has 0 aromatic heterocycles. The maximum absolute atomic E-state index is 12.2. The second-order valence-corrected chi connectivity index (χ2v) is 3.99. The number of hydrogen-bond acceptors (Lipinski definition) is 6. The molecule has 0 unspecified atom stereocenters. The van der Waals surface area contributed by atoms with Gasteiger partial charge in [0.05, 0.1) is 0 Å². The molecule has 0 aliphatic heterocycles. The summed E-state index contributed by atoms with van der Waals surface area (Å²) < 4.78 is 28.7. The second-order valence-electron chi connectivity index (χ2n) is 3.99. The number of Topliss-reactive ketones (excluding diaryl/α,β-unsaturated/α-hetero) is 2. The van der Waals surface area contributed by atoms with Gasteiger partial charge in [-0.05, 0) is 12.1 Å². The van der Waals surface area contributed by atoms with Crippen LogP contribution in [0.4, 0.5) is 14.5 Å². The summed E-state index contributed by atoms with van der Waals surface area (Å²) in [7, 11) is 0. The second kappa shape index (κ2) is 8.50. The third-order valence-corrected chi connectivity index (χ3v) is 2.43. The van der Waals surface area contributed by atoms with Crippen molar-refractivity contribution in [2.24, 2.45) is 4.99 Å². The van der Waals surface area contributed by atoms with Crippen LogP contribution in [-0.2, 0) is 9.59 Å². The number of para-hydroxylation sites is 2. The Morgan fingerprint density at radius 3 is 2.50 bits per heavy atom. The van der Waals surface area contributed by atoms with Crippen LogP contribution in [0.5, 0.6) is 5.75 Å². The molecule has 1 aromatic carbocycles. The summed E-state index contributed by atoms with van der Waals surface area (Å²) in [6.45, 7) is -3.00. The Balaban J connectivity index is 2.70. The number of halogens is 2. The Labute approximate surface area is 124 Å². The fourth-order valence-electron chi connectivity index (χ4n) is 1.44. The summed E-state index contributed by atoms with van der Waals surface area (Å²) >= 11 is 0. The highest BCUT2D eigenvalue weighted by atomic mass is 19.3. The third-order valence-electron chi connectivity index (χ3n) is 2.43. The normalized spacial score (nSPS) is 10.7. The van der Waals surface area contributed by atoms with Gasteiger partial charge >= 0.3 is 6.61 Å². The van der Waals surface area contributed by atoms with E-state index in [1.807, 2.05) is 0 Å². The molecule has 0 saturated carbocycles. The number of nitrogens with one attached hydrogen (secondary N) is 2. The molecule has 0 amide bonds. The molecule has 0 fully saturated rings. The zero-order chi connectivity index (χ0) is 16.5. The highest BCUT2D eigenvalue weighted by molar-refractivity contribution is 6.66. The minimum absolute atomic E-state index is 0.105. The molecule has 0 radical (unpaired) electrons. The Bertz CT molecular complexity index is 615. The van der Waals surface area contributed by atoms with E-state index >= 15 is 0 Å². The smallest absolute Gasteiger partial charge is 0.387 e. The van der Waals surface area contributed by atoms with Crippen LogP contribution in [0.15, 0.2) is 29.3 Å². The largest absolute Gasteiger partial charge is 0.433 e.